The highest BCUT2D eigenvalue weighted by Crippen LogP contribution is 2.47. The van der Waals surface area contributed by atoms with Gasteiger partial charge in [0.2, 0.25) is 0 Å². The highest BCUT2D eigenvalue weighted by atomic mass is 16.3. The Kier molecular flexibility index (Phi) is 3.56. The third kappa shape index (κ3) is 2.54. The Morgan fingerprint density at radius 3 is 2.95 bits per heavy atom. The van der Waals surface area contributed by atoms with E-state index >= 15 is 0 Å². The smallest absolute Gasteiger partial charge is 0.122 e. The van der Waals surface area contributed by atoms with Crippen LogP contribution in [0, 0.1) is 5.92 Å². The highest BCUT2D eigenvalue weighted by Gasteiger charge is 2.38. The molecule has 0 amide bonds. The van der Waals surface area contributed by atoms with Crippen molar-refractivity contribution in [2.75, 3.05) is 32.7 Å². The third-order valence-corrected chi connectivity index (χ3v) is 5.73. The quantitative estimate of drug-likeness (QED) is 0.923. The summed E-state index contributed by atoms with van der Waals surface area (Å²) in [5, 5.41) is 0. The van der Waals surface area contributed by atoms with Crippen molar-refractivity contribution in [1.82, 2.24) is 9.80 Å². The van der Waals surface area contributed by atoms with Gasteiger partial charge >= 0.3 is 0 Å². The molecule has 1 aliphatic carbocycles. The Morgan fingerprint density at radius 1 is 1.33 bits per heavy atom. The molecule has 4 rings (SSSR count). The van der Waals surface area contributed by atoms with Gasteiger partial charge in [0, 0.05) is 38.1 Å². The summed E-state index contributed by atoms with van der Waals surface area (Å²) in [5.41, 5.74) is 6.09. The Bertz CT molecular complexity index is 500. The lowest BCUT2D eigenvalue weighted by atomic mass is 10.1. The number of piperazine rings is 1. The number of fused-ring (bicyclic) bond motifs is 1. The van der Waals surface area contributed by atoms with Crippen LogP contribution in [0.5, 0.6) is 0 Å². The van der Waals surface area contributed by atoms with Crippen LogP contribution in [-0.2, 0) is 0 Å². The van der Waals surface area contributed by atoms with Crippen molar-refractivity contribution < 1.29 is 4.42 Å². The molecule has 3 fully saturated rings. The molecule has 4 heteroatoms. The minimum Gasteiger partial charge on any atom is -0.464 e. The molecule has 0 spiro atoms. The Hall–Kier alpha value is -0.840. The number of nitrogens with zero attached hydrogens (tertiary/aromatic N) is 2. The Morgan fingerprint density at radius 2 is 2.19 bits per heavy atom. The van der Waals surface area contributed by atoms with Crippen LogP contribution in [-0.4, -0.2) is 48.6 Å². The molecule has 3 aliphatic rings. The fourth-order valence-electron chi connectivity index (χ4n) is 4.21. The molecule has 3 heterocycles. The minimum absolute atomic E-state index is 0.260. The second-order valence-electron chi connectivity index (χ2n) is 7.14. The first-order chi connectivity index (χ1) is 10.3. The van der Waals surface area contributed by atoms with Gasteiger partial charge in [-0.3, -0.25) is 9.80 Å². The summed E-state index contributed by atoms with van der Waals surface area (Å²) in [5.74, 6) is 3.71. The maximum Gasteiger partial charge on any atom is 0.122 e. The topological polar surface area (TPSA) is 45.6 Å². The zero-order valence-electron chi connectivity index (χ0n) is 13.0. The van der Waals surface area contributed by atoms with Crippen molar-refractivity contribution in [2.45, 2.75) is 44.2 Å². The van der Waals surface area contributed by atoms with E-state index in [1.807, 2.05) is 0 Å². The first-order valence-electron chi connectivity index (χ1n) is 8.54. The molecule has 2 N–H and O–H groups in total. The van der Waals surface area contributed by atoms with Gasteiger partial charge in [-0.1, -0.05) is 6.92 Å². The first-order valence-corrected chi connectivity index (χ1v) is 8.54. The van der Waals surface area contributed by atoms with Gasteiger partial charge in [-0.25, -0.2) is 0 Å². The van der Waals surface area contributed by atoms with Crippen LogP contribution < -0.4 is 5.73 Å². The molecule has 1 aromatic rings. The molecule has 2 saturated heterocycles. The van der Waals surface area contributed by atoms with Crippen molar-refractivity contribution in [2.24, 2.45) is 11.7 Å². The van der Waals surface area contributed by atoms with E-state index in [-0.39, 0.29) is 6.04 Å². The first kappa shape index (κ1) is 13.8. The van der Waals surface area contributed by atoms with Gasteiger partial charge in [-0.2, -0.15) is 0 Å². The molecule has 2 aliphatic heterocycles. The summed E-state index contributed by atoms with van der Waals surface area (Å²) in [7, 11) is 0. The van der Waals surface area contributed by atoms with Crippen molar-refractivity contribution in [3.8, 4) is 0 Å². The molecular weight excluding hydrogens is 262 g/mol. The molecular formula is C17H27N3O. The molecule has 1 aromatic heterocycles. The van der Waals surface area contributed by atoms with E-state index in [0.29, 0.717) is 12.5 Å². The molecule has 4 unspecified atom stereocenters. The maximum atomic E-state index is 6.16. The largest absolute Gasteiger partial charge is 0.464 e. The van der Waals surface area contributed by atoms with Gasteiger partial charge in [0.1, 0.15) is 11.5 Å². The normalized spacial score (nSPS) is 34.9. The fraction of sp³-hybridized carbons (Fsp3) is 0.765. The third-order valence-electron chi connectivity index (χ3n) is 5.73. The predicted molar refractivity (Wildman–Crippen MR) is 83.2 cm³/mol. The Labute approximate surface area is 127 Å². The summed E-state index contributed by atoms with van der Waals surface area (Å²) in [6.45, 7) is 7.70. The van der Waals surface area contributed by atoms with Gasteiger partial charge in [0.15, 0.2) is 0 Å². The highest BCUT2D eigenvalue weighted by molar-refractivity contribution is 5.19. The summed E-state index contributed by atoms with van der Waals surface area (Å²) < 4.78 is 6.16. The van der Waals surface area contributed by atoms with Crippen molar-refractivity contribution in [1.29, 1.82) is 0 Å². The summed E-state index contributed by atoms with van der Waals surface area (Å²) in [4.78, 5) is 5.19. The van der Waals surface area contributed by atoms with Crippen LogP contribution in [0.25, 0.3) is 0 Å². The standard InChI is InChI=1S/C17H27N3O/c1-12-9-14(12)16-4-5-17(21-16)15(10-18)20-8-7-19-6-2-3-13(19)11-20/h4-5,12-15H,2-3,6-11,18H2,1H3. The lowest BCUT2D eigenvalue weighted by Gasteiger charge is -2.40. The maximum absolute atomic E-state index is 6.16. The second-order valence-corrected chi connectivity index (χ2v) is 7.14. The van der Waals surface area contributed by atoms with E-state index in [4.69, 9.17) is 10.2 Å². The van der Waals surface area contributed by atoms with Crippen LogP contribution in [0.2, 0.25) is 0 Å². The zero-order valence-corrected chi connectivity index (χ0v) is 13.0. The van der Waals surface area contributed by atoms with Gasteiger partial charge in [0.25, 0.3) is 0 Å². The van der Waals surface area contributed by atoms with Gasteiger partial charge in [-0.15, -0.1) is 0 Å². The lowest BCUT2D eigenvalue weighted by molar-refractivity contribution is 0.0657. The lowest BCUT2D eigenvalue weighted by Crippen LogP contribution is -2.52. The van der Waals surface area contributed by atoms with E-state index in [2.05, 4.69) is 28.9 Å². The second kappa shape index (κ2) is 5.41. The molecule has 116 valence electrons. The molecule has 4 atom stereocenters. The average molecular weight is 289 g/mol. The van der Waals surface area contributed by atoms with E-state index in [0.717, 1.165) is 30.8 Å². The van der Waals surface area contributed by atoms with Crippen molar-refractivity contribution >= 4 is 0 Å². The Balaban J connectivity index is 1.47. The van der Waals surface area contributed by atoms with Crippen LogP contribution in [0.1, 0.15) is 49.7 Å². The minimum atomic E-state index is 0.260. The predicted octanol–water partition coefficient (Wildman–Crippen LogP) is 2.18. The van der Waals surface area contributed by atoms with E-state index in [9.17, 15) is 0 Å². The molecule has 1 saturated carbocycles. The average Bonchev–Trinajstić information content (AvgIpc) is 2.94. The monoisotopic (exact) mass is 289 g/mol. The van der Waals surface area contributed by atoms with E-state index in [1.54, 1.807) is 0 Å². The molecule has 4 nitrogen and oxygen atoms in total. The van der Waals surface area contributed by atoms with Gasteiger partial charge in [-0.05, 0) is 43.9 Å². The molecule has 0 aromatic carbocycles. The van der Waals surface area contributed by atoms with Crippen molar-refractivity contribution in [3.63, 3.8) is 0 Å². The number of hydrogen-bond donors (Lipinski definition) is 1. The molecule has 21 heavy (non-hydrogen) atoms. The number of nitrogens with two attached hydrogens (primary N) is 1. The van der Waals surface area contributed by atoms with Crippen molar-refractivity contribution in [3.05, 3.63) is 23.7 Å². The summed E-state index contributed by atoms with van der Waals surface area (Å²) in [6.07, 6.45) is 3.98. The van der Waals surface area contributed by atoms with Gasteiger partial charge < -0.3 is 10.2 Å². The van der Waals surface area contributed by atoms with E-state index in [1.165, 1.54) is 38.1 Å². The molecule has 0 bridgehead atoms. The summed E-state index contributed by atoms with van der Waals surface area (Å²) in [6, 6.07) is 5.35. The number of rotatable bonds is 4. The van der Waals surface area contributed by atoms with Crippen LogP contribution >= 0.6 is 0 Å². The van der Waals surface area contributed by atoms with Gasteiger partial charge in [0.05, 0.1) is 6.04 Å². The zero-order chi connectivity index (χ0) is 14.4. The SMILES string of the molecule is CC1CC1c1ccc(C(CN)N2CCN3CCCC3C2)o1. The molecule has 0 radical (unpaired) electrons. The summed E-state index contributed by atoms with van der Waals surface area (Å²) >= 11 is 0. The van der Waals surface area contributed by atoms with Crippen LogP contribution in [0.4, 0.5) is 0 Å². The fourth-order valence-corrected chi connectivity index (χ4v) is 4.21. The van der Waals surface area contributed by atoms with Crippen LogP contribution in [0.3, 0.4) is 0 Å². The van der Waals surface area contributed by atoms with Crippen LogP contribution in [0.15, 0.2) is 16.5 Å². The number of hydrogen-bond acceptors (Lipinski definition) is 4. The van der Waals surface area contributed by atoms with E-state index < -0.39 is 0 Å². The number of furan rings is 1.